The largest absolute Gasteiger partial charge is 0.393 e. The Balaban J connectivity index is 1.66. The molecule has 3 nitrogen and oxygen atoms in total. The maximum absolute atomic E-state index is 11.7. The van der Waals surface area contributed by atoms with Gasteiger partial charge in [0, 0.05) is 19.4 Å². The second-order valence-electron chi connectivity index (χ2n) is 5.21. The normalized spacial score (nSPS) is 31.6. The zero-order valence-electron chi connectivity index (χ0n) is 9.58. The molecule has 0 aliphatic heterocycles. The zero-order valence-corrected chi connectivity index (χ0v) is 10.4. The summed E-state index contributed by atoms with van der Waals surface area (Å²) in [5.41, 5.74) is 5.37. The smallest absolute Gasteiger partial charge is 0.220 e. The highest BCUT2D eigenvalue weighted by Crippen LogP contribution is 2.49. The van der Waals surface area contributed by atoms with Gasteiger partial charge in [0.25, 0.3) is 0 Å². The average Bonchev–Trinajstić information content (AvgIpc) is 2.78. The molecule has 3 N–H and O–H groups in total. The van der Waals surface area contributed by atoms with Gasteiger partial charge in [-0.3, -0.25) is 4.79 Å². The summed E-state index contributed by atoms with van der Waals surface area (Å²) in [5, 5.41) is 2.89. The van der Waals surface area contributed by atoms with Crippen LogP contribution in [0.5, 0.6) is 0 Å². The second kappa shape index (κ2) is 5.13. The van der Waals surface area contributed by atoms with Crippen molar-refractivity contribution in [2.24, 2.45) is 23.5 Å². The topological polar surface area (TPSA) is 55.1 Å². The molecule has 4 heteroatoms. The van der Waals surface area contributed by atoms with Crippen molar-refractivity contribution >= 4 is 23.1 Å². The molecule has 2 aliphatic carbocycles. The van der Waals surface area contributed by atoms with Crippen molar-refractivity contribution in [3.63, 3.8) is 0 Å². The van der Waals surface area contributed by atoms with E-state index in [1.165, 1.54) is 25.7 Å². The van der Waals surface area contributed by atoms with Crippen LogP contribution in [0, 0.1) is 17.8 Å². The van der Waals surface area contributed by atoms with Gasteiger partial charge >= 0.3 is 0 Å². The molecule has 0 heterocycles. The minimum atomic E-state index is 0.175. The summed E-state index contributed by atoms with van der Waals surface area (Å²) in [6.45, 7) is 0.592. The van der Waals surface area contributed by atoms with E-state index in [0.717, 1.165) is 11.8 Å². The fourth-order valence-corrected chi connectivity index (χ4v) is 3.36. The van der Waals surface area contributed by atoms with Crippen molar-refractivity contribution in [1.29, 1.82) is 0 Å². The first kappa shape index (κ1) is 11.8. The molecule has 3 unspecified atom stereocenters. The molecule has 2 saturated carbocycles. The molecule has 0 saturated heterocycles. The fraction of sp³-hybridized carbons (Fsp3) is 0.833. The molecule has 2 aliphatic rings. The van der Waals surface area contributed by atoms with E-state index in [1.807, 2.05) is 0 Å². The molecule has 16 heavy (non-hydrogen) atoms. The third-order valence-electron chi connectivity index (χ3n) is 4.03. The summed E-state index contributed by atoms with van der Waals surface area (Å²) in [6, 6.07) is 0. The Morgan fingerprint density at radius 3 is 2.75 bits per heavy atom. The SMILES string of the molecule is NC(=S)CCNC(=O)CC1CC2CCC1C2. The summed E-state index contributed by atoms with van der Waals surface area (Å²) >= 11 is 4.76. The Morgan fingerprint density at radius 1 is 1.38 bits per heavy atom. The number of rotatable bonds is 5. The third kappa shape index (κ3) is 2.94. The number of thiocarbonyl (C=S) groups is 1. The summed E-state index contributed by atoms with van der Waals surface area (Å²) in [5.74, 6) is 2.56. The van der Waals surface area contributed by atoms with Gasteiger partial charge in [0.15, 0.2) is 0 Å². The Hall–Kier alpha value is -0.640. The Kier molecular flexibility index (Phi) is 3.79. The zero-order chi connectivity index (χ0) is 11.5. The van der Waals surface area contributed by atoms with E-state index >= 15 is 0 Å². The van der Waals surface area contributed by atoms with Gasteiger partial charge in [-0.1, -0.05) is 18.6 Å². The highest BCUT2D eigenvalue weighted by molar-refractivity contribution is 7.80. The van der Waals surface area contributed by atoms with Gasteiger partial charge in [0.2, 0.25) is 5.91 Å². The average molecular weight is 240 g/mol. The molecule has 3 atom stereocenters. The molecule has 0 aromatic carbocycles. The van der Waals surface area contributed by atoms with Crippen LogP contribution >= 0.6 is 12.2 Å². The molecule has 0 spiro atoms. The third-order valence-corrected chi connectivity index (χ3v) is 4.23. The van der Waals surface area contributed by atoms with Gasteiger partial charge < -0.3 is 11.1 Å². The lowest BCUT2D eigenvalue weighted by Crippen LogP contribution is -2.29. The molecule has 0 aromatic heterocycles. The van der Waals surface area contributed by atoms with E-state index in [1.54, 1.807) is 0 Å². The fourth-order valence-electron chi connectivity index (χ4n) is 3.26. The van der Waals surface area contributed by atoms with Gasteiger partial charge in [-0.2, -0.15) is 0 Å². The Morgan fingerprint density at radius 2 is 2.19 bits per heavy atom. The minimum absolute atomic E-state index is 0.175. The van der Waals surface area contributed by atoms with Crippen LogP contribution in [0.2, 0.25) is 0 Å². The number of hydrogen-bond donors (Lipinski definition) is 2. The maximum atomic E-state index is 11.7. The molecule has 2 rings (SSSR count). The van der Waals surface area contributed by atoms with Crippen molar-refractivity contribution in [1.82, 2.24) is 5.32 Å². The van der Waals surface area contributed by atoms with E-state index < -0.39 is 0 Å². The summed E-state index contributed by atoms with van der Waals surface area (Å²) in [4.78, 5) is 12.1. The molecule has 2 bridgehead atoms. The van der Waals surface area contributed by atoms with Crippen LogP contribution in [-0.2, 0) is 4.79 Å². The molecule has 1 amide bonds. The first-order chi connectivity index (χ1) is 7.65. The number of hydrogen-bond acceptors (Lipinski definition) is 2. The van der Waals surface area contributed by atoms with Gasteiger partial charge in [-0.05, 0) is 37.0 Å². The molecule has 2 fully saturated rings. The first-order valence-corrected chi connectivity index (χ1v) is 6.61. The molecule has 0 radical (unpaired) electrons. The van der Waals surface area contributed by atoms with Crippen molar-refractivity contribution in [2.45, 2.75) is 38.5 Å². The molecule has 90 valence electrons. The number of carbonyl (C=O) groups is 1. The summed E-state index contributed by atoms with van der Waals surface area (Å²) in [7, 11) is 0. The summed E-state index contributed by atoms with van der Waals surface area (Å²) < 4.78 is 0. The van der Waals surface area contributed by atoms with Crippen LogP contribution in [0.3, 0.4) is 0 Å². The van der Waals surface area contributed by atoms with E-state index in [4.69, 9.17) is 18.0 Å². The van der Waals surface area contributed by atoms with Crippen LogP contribution in [0.1, 0.15) is 38.5 Å². The van der Waals surface area contributed by atoms with Gasteiger partial charge in [-0.15, -0.1) is 0 Å². The predicted molar refractivity (Wildman–Crippen MR) is 68.0 cm³/mol. The summed E-state index contributed by atoms with van der Waals surface area (Å²) in [6.07, 6.45) is 6.69. The van der Waals surface area contributed by atoms with E-state index in [-0.39, 0.29) is 5.91 Å². The number of carbonyl (C=O) groups excluding carboxylic acids is 1. The number of amides is 1. The van der Waals surface area contributed by atoms with Crippen LogP contribution in [0.4, 0.5) is 0 Å². The van der Waals surface area contributed by atoms with Crippen LogP contribution in [0.15, 0.2) is 0 Å². The highest BCUT2D eigenvalue weighted by Gasteiger charge is 2.39. The molecular formula is C12H20N2OS. The molecule has 0 aromatic rings. The lowest BCUT2D eigenvalue weighted by molar-refractivity contribution is -0.122. The number of nitrogens with two attached hydrogens (primary N) is 1. The minimum Gasteiger partial charge on any atom is -0.393 e. The van der Waals surface area contributed by atoms with Crippen LogP contribution < -0.4 is 11.1 Å². The van der Waals surface area contributed by atoms with Crippen molar-refractivity contribution < 1.29 is 4.79 Å². The lowest BCUT2D eigenvalue weighted by Gasteiger charge is -2.20. The quantitative estimate of drug-likeness (QED) is 0.718. The number of fused-ring (bicyclic) bond motifs is 2. The van der Waals surface area contributed by atoms with Crippen LogP contribution in [-0.4, -0.2) is 17.4 Å². The van der Waals surface area contributed by atoms with Crippen molar-refractivity contribution in [2.75, 3.05) is 6.54 Å². The van der Waals surface area contributed by atoms with Crippen molar-refractivity contribution in [3.8, 4) is 0 Å². The maximum Gasteiger partial charge on any atom is 0.220 e. The monoisotopic (exact) mass is 240 g/mol. The van der Waals surface area contributed by atoms with Crippen LogP contribution in [0.25, 0.3) is 0 Å². The van der Waals surface area contributed by atoms with Gasteiger partial charge in [0.1, 0.15) is 0 Å². The van der Waals surface area contributed by atoms with Gasteiger partial charge in [-0.25, -0.2) is 0 Å². The Labute approximate surface area is 102 Å². The second-order valence-corrected chi connectivity index (χ2v) is 5.73. The standard InChI is InChI=1S/C12H20N2OS/c13-11(16)3-4-14-12(15)7-10-6-8-1-2-9(10)5-8/h8-10H,1-7H2,(H2,13,16)(H,14,15). The van der Waals surface area contributed by atoms with E-state index in [9.17, 15) is 4.79 Å². The van der Waals surface area contributed by atoms with Crippen molar-refractivity contribution in [3.05, 3.63) is 0 Å². The first-order valence-electron chi connectivity index (χ1n) is 6.20. The number of nitrogens with one attached hydrogen (secondary N) is 1. The van der Waals surface area contributed by atoms with E-state index in [2.05, 4.69) is 5.32 Å². The highest BCUT2D eigenvalue weighted by atomic mass is 32.1. The van der Waals surface area contributed by atoms with E-state index in [0.29, 0.717) is 30.3 Å². The Bertz CT molecular complexity index is 293. The predicted octanol–water partition coefficient (Wildman–Crippen LogP) is 1.61. The molecular weight excluding hydrogens is 220 g/mol. The van der Waals surface area contributed by atoms with Gasteiger partial charge in [0.05, 0.1) is 4.99 Å². The lowest BCUT2D eigenvalue weighted by atomic mass is 9.86.